The summed E-state index contributed by atoms with van der Waals surface area (Å²) in [5, 5.41) is 1.96. The predicted octanol–water partition coefficient (Wildman–Crippen LogP) is 1.98. The van der Waals surface area contributed by atoms with E-state index in [1.807, 2.05) is 5.06 Å². The number of hydrogen-bond donors (Lipinski definition) is 0. The average Bonchev–Trinajstić information content (AvgIpc) is 2.46. The largest absolute Gasteiger partial charge is 0.346 e. The van der Waals surface area contributed by atoms with Crippen molar-refractivity contribution in [3.63, 3.8) is 0 Å². The van der Waals surface area contributed by atoms with Gasteiger partial charge in [0.25, 0.3) is 0 Å². The van der Waals surface area contributed by atoms with Crippen LogP contribution in [0.25, 0.3) is 0 Å². The van der Waals surface area contributed by atoms with Crippen molar-refractivity contribution in [3.8, 4) is 0 Å². The lowest BCUT2D eigenvalue weighted by molar-refractivity contribution is -0.166. The van der Waals surface area contributed by atoms with Gasteiger partial charge >= 0.3 is 0 Å². The van der Waals surface area contributed by atoms with E-state index in [9.17, 15) is 4.79 Å². The van der Waals surface area contributed by atoms with Crippen LogP contribution in [0.4, 0.5) is 0 Å². The Hall–Kier alpha value is -0.193. The van der Waals surface area contributed by atoms with Gasteiger partial charge in [-0.05, 0) is 31.4 Å². The number of aldehydes is 1. The summed E-state index contributed by atoms with van der Waals surface area (Å²) in [5.74, 6) is 0. The summed E-state index contributed by atoms with van der Waals surface area (Å²) in [4.78, 5) is 11.5. The van der Waals surface area contributed by atoms with Gasteiger partial charge in [0.15, 0.2) is 9.04 Å². The van der Waals surface area contributed by atoms with E-state index >= 15 is 0 Å². The van der Waals surface area contributed by atoms with Crippen LogP contribution in [0, 0.1) is 5.41 Å². The van der Waals surface area contributed by atoms with Crippen molar-refractivity contribution in [3.05, 3.63) is 0 Å². The lowest BCUT2D eigenvalue weighted by Crippen LogP contribution is -2.55. The molecule has 0 aromatic rings. The first-order chi connectivity index (χ1) is 6.83. The van der Waals surface area contributed by atoms with Gasteiger partial charge < -0.3 is 9.32 Å². The van der Waals surface area contributed by atoms with Gasteiger partial charge in [0, 0.05) is 6.54 Å². The number of hydroxylamine groups is 2. The van der Waals surface area contributed by atoms with Gasteiger partial charge in [-0.2, -0.15) is 5.06 Å². The Bertz CT molecular complexity index is 237. The van der Waals surface area contributed by atoms with Crippen LogP contribution in [-0.4, -0.2) is 32.5 Å². The van der Waals surface area contributed by atoms with Crippen molar-refractivity contribution >= 4 is 15.3 Å². The number of carbonyl (C=O) groups excluding carboxylic acids is 1. The minimum absolute atomic E-state index is 0.0610. The van der Waals surface area contributed by atoms with Crippen LogP contribution in [0.1, 0.15) is 33.6 Å². The highest BCUT2D eigenvalue weighted by Crippen LogP contribution is 2.42. The van der Waals surface area contributed by atoms with Crippen LogP contribution in [0.2, 0.25) is 13.1 Å². The molecule has 1 aliphatic heterocycles. The summed E-state index contributed by atoms with van der Waals surface area (Å²) >= 11 is 0. The highest BCUT2D eigenvalue weighted by Gasteiger charge is 2.50. The van der Waals surface area contributed by atoms with Gasteiger partial charge in [0.2, 0.25) is 0 Å². The van der Waals surface area contributed by atoms with Crippen LogP contribution in [0.15, 0.2) is 0 Å². The van der Waals surface area contributed by atoms with Gasteiger partial charge in [-0.25, -0.2) is 0 Å². The molecule has 88 valence electrons. The van der Waals surface area contributed by atoms with E-state index in [0.29, 0.717) is 0 Å². The lowest BCUT2D eigenvalue weighted by Gasteiger charge is -2.44. The number of carbonyl (C=O) groups is 1. The maximum Gasteiger partial charge on any atom is 0.199 e. The first kappa shape index (κ1) is 12.9. The normalized spacial score (nSPS) is 28.7. The van der Waals surface area contributed by atoms with Crippen molar-refractivity contribution in [2.75, 3.05) is 6.54 Å². The minimum Gasteiger partial charge on any atom is -0.346 e. The molecule has 1 atom stereocenters. The highest BCUT2D eigenvalue weighted by atomic mass is 28.3. The van der Waals surface area contributed by atoms with E-state index in [-0.39, 0.29) is 5.41 Å². The molecule has 0 unspecified atom stereocenters. The quantitative estimate of drug-likeness (QED) is 0.547. The zero-order chi connectivity index (χ0) is 11.7. The number of nitrogens with zero attached hydrogens (tertiary/aromatic N) is 1. The molecule has 0 bridgehead atoms. The van der Waals surface area contributed by atoms with Crippen LogP contribution < -0.4 is 0 Å². The monoisotopic (exact) mass is 229 g/mol. The second kappa shape index (κ2) is 4.35. The fourth-order valence-corrected chi connectivity index (χ4v) is 3.06. The van der Waals surface area contributed by atoms with E-state index in [4.69, 9.17) is 4.53 Å². The fourth-order valence-electron chi connectivity index (χ4n) is 2.26. The van der Waals surface area contributed by atoms with Gasteiger partial charge in [0.1, 0.15) is 11.8 Å². The second-order valence-corrected chi connectivity index (χ2v) is 7.96. The summed E-state index contributed by atoms with van der Waals surface area (Å²) < 4.78 is 5.89. The van der Waals surface area contributed by atoms with E-state index in [0.717, 1.165) is 25.7 Å². The molecular weight excluding hydrogens is 206 g/mol. The van der Waals surface area contributed by atoms with E-state index in [1.54, 1.807) is 0 Å². The zero-order valence-corrected chi connectivity index (χ0v) is 11.7. The summed E-state index contributed by atoms with van der Waals surface area (Å²) in [6, 6.07) is 0. The molecule has 0 N–H and O–H groups in total. The Kier molecular flexibility index (Phi) is 3.74. The Morgan fingerprint density at radius 2 is 2.00 bits per heavy atom. The molecule has 1 heterocycles. The van der Waals surface area contributed by atoms with Gasteiger partial charge in [-0.3, -0.25) is 0 Å². The third-order valence-corrected chi connectivity index (χ3v) is 3.87. The molecule has 1 saturated heterocycles. The Morgan fingerprint density at radius 3 is 2.40 bits per heavy atom. The first-order valence-corrected chi connectivity index (χ1v) is 8.52. The van der Waals surface area contributed by atoms with Crippen molar-refractivity contribution in [2.24, 2.45) is 5.41 Å². The van der Waals surface area contributed by atoms with Crippen LogP contribution in [0.3, 0.4) is 0 Å². The van der Waals surface area contributed by atoms with Crippen molar-refractivity contribution in [2.45, 2.75) is 52.2 Å². The van der Waals surface area contributed by atoms with Gasteiger partial charge in [0.05, 0.1) is 0 Å². The van der Waals surface area contributed by atoms with Gasteiger partial charge in [-0.1, -0.05) is 20.8 Å². The molecule has 0 spiro atoms. The molecule has 0 aromatic heterocycles. The molecule has 15 heavy (non-hydrogen) atoms. The fraction of sp³-hybridized carbons (Fsp3) is 0.909. The average molecular weight is 229 g/mol. The van der Waals surface area contributed by atoms with Crippen LogP contribution in [-0.2, 0) is 9.32 Å². The molecule has 0 amide bonds. The van der Waals surface area contributed by atoms with Crippen LogP contribution in [0.5, 0.6) is 0 Å². The topological polar surface area (TPSA) is 29.5 Å². The lowest BCUT2D eigenvalue weighted by atomic mass is 9.73. The first-order valence-electron chi connectivity index (χ1n) is 5.74. The minimum atomic E-state index is -1.12. The van der Waals surface area contributed by atoms with Gasteiger partial charge in [-0.15, -0.1) is 0 Å². The molecule has 3 nitrogen and oxygen atoms in total. The molecule has 0 radical (unpaired) electrons. The summed E-state index contributed by atoms with van der Waals surface area (Å²) in [5.41, 5.74) is -0.473. The summed E-state index contributed by atoms with van der Waals surface area (Å²) in [6.45, 7) is 11.5. The Labute approximate surface area is 94.5 Å². The van der Waals surface area contributed by atoms with Crippen molar-refractivity contribution < 1.29 is 9.32 Å². The van der Waals surface area contributed by atoms with Crippen molar-refractivity contribution in [1.82, 2.24) is 5.06 Å². The highest BCUT2D eigenvalue weighted by molar-refractivity contribution is 6.48. The SMILES string of the molecule is C[SiH](C)ON1CCC[C@]1(C=O)C(C)(C)C. The smallest absolute Gasteiger partial charge is 0.199 e. The van der Waals surface area contributed by atoms with E-state index in [2.05, 4.69) is 33.9 Å². The number of rotatable bonds is 3. The molecule has 0 saturated carbocycles. The maximum atomic E-state index is 11.5. The summed E-state index contributed by atoms with van der Waals surface area (Å²) in [6.07, 6.45) is 3.06. The second-order valence-electron chi connectivity index (χ2n) is 5.65. The standard InChI is InChI=1S/C11H23NO2Si/c1-10(2,3)11(9-13)7-6-8-12(11)14-15(4)5/h9,15H,6-8H2,1-5H3/t11-/m0/s1. The Balaban J connectivity index is 2.92. The molecule has 1 rings (SSSR count). The molecule has 0 aliphatic carbocycles. The van der Waals surface area contributed by atoms with E-state index in [1.165, 1.54) is 0 Å². The molecular formula is C11H23NO2Si. The molecule has 1 fully saturated rings. The number of hydrogen-bond acceptors (Lipinski definition) is 3. The zero-order valence-electron chi connectivity index (χ0n) is 10.5. The van der Waals surface area contributed by atoms with E-state index < -0.39 is 14.6 Å². The predicted molar refractivity (Wildman–Crippen MR) is 64.2 cm³/mol. The van der Waals surface area contributed by atoms with Crippen LogP contribution >= 0.6 is 0 Å². The van der Waals surface area contributed by atoms with Crippen molar-refractivity contribution in [1.29, 1.82) is 0 Å². The summed E-state index contributed by atoms with van der Waals surface area (Å²) in [7, 11) is -1.12. The maximum absolute atomic E-state index is 11.5. The third-order valence-electron chi connectivity index (χ3n) is 3.20. The Morgan fingerprint density at radius 1 is 1.40 bits per heavy atom. The molecule has 4 heteroatoms. The third kappa shape index (κ3) is 2.32. The molecule has 0 aromatic carbocycles. The molecule has 1 aliphatic rings.